The third-order valence-electron chi connectivity index (χ3n) is 6.19. The summed E-state index contributed by atoms with van der Waals surface area (Å²) in [6.07, 6.45) is 1.61. The minimum atomic E-state index is -0.573. The second kappa shape index (κ2) is 10.7. The summed E-state index contributed by atoms with van der Waals surface area (Å²) in [6, 6.07) is 21.5. The Kier molecular flexibility index (Phi) is 7.67. The van der Waals surface area contributed by atoms with Gasteiger partial charge in [0.05, 0.1) is 12.6 Å². The number of hydrogen-bond donors (Lipinski definition) is 0. The second-order valence-electron chi connectivity index (χ2n) is 8.99. The van der Waals surface area contributed by atoms with Crippen LogP contribution >= 0.6 is 11.3 Å². The van der Waals surface area contributed by atoms with E-state index in [1.54, 1.807) is 18.4 Å². The minimum absolute atomic E-state index is 0.573. The SMILES string of the molecule is CCOC(CCN(C)C)(c1cccs1)c1cc(C)cc2cc(Cc3ccccc3)c(OC)nc12. The maximum atomic E-state index is 6.68. The number of nitrogens with zero attached hydrogens (tertiary/aromatic N) is 2. The van der Waals surface area contributed by atoms with E-state index in [1.807, 2.05) is 6.07 Å². The number of aryl methyl sites for hydroxylation is 1. The number of aromatic nitrogens is 1. The third-order valence-corrected chi connectivity index (χ3v) is 7.20. The van der Waals surface area contributed by atoms with Gasteiger partial charge in [-0.3, -0.25) is 0 Å². The van der Waals surface area contributed by atoms with Crippen molar-refractivity contribution >= 4 is 22.2 Å². The molecule has 0 amide bonds. The molecule has 4 aromatic rings. The van der Waals surface area contributed by atoms with Gasteiger partial charge in [-0.25, -0.2) is 4.98 Å². The molecular weight excluding hydrogens is 440 g/mol. The van der Waals surface area contributed by atoms with Crippen molar-refractivity contribution in [3.8, 4) is 5.88 Å². The number of hydrogen-bond acceptors (Lipinski definition) is 5. The second-order valence-corrected chi connectivity index (χ2v) is 9.94. The Balaban J connectivity index is 1.93. The summed E-state index contributed by atoms with van der Waals surface area (Å²) in [5, 5.41) is 3.25. The summed E-state index contributed by atoms with van der Waals surface area (Å²) in [5.74, 6) is 0.672. The van der Waals surface area contributed by atoms with Gasteiger partial charge in [-0.15, -0.1) is 11.3 Å². The van der Waals surface area contributed by atoms with Gasteiger partial charge in [-0.1, -0.05) is 42.5 Å². The number of methoxy groups -OCH3 is 1. The van der Waals surface area contributed by atoms with E-state index in [9.17, 15) is 0 Å². The normalized spacial score (nSPS) is 13.4. The first-order valence-electron chi connectivity index (χ1n) is 11.8. The Labute approximate surface area is 207 Å². The molecule has 4 nitrogen and oxygen atoms in total. The summed E-state index contributed by atoms with van der Waals surface area (Å²) in [4.78, 5) is 8.52. The van der Waals surface area contributed by atoms with Crippen LogP contribution in [-0.4, -0.2) is 44.2 Å². The van der Waals surface area contributed by atoms with Gasteiger partial charge in [0.25, 0.3) is 0 Å². The molecule has 0 fully saturated rings. The first-order chi connectivity index (χ1) is 16.5. The van der Waals surface area contributed by atoms with Crippen molar-refractivity contribution in [1.29, 1.82) is 0 Å². The lowest BCUT2D eigenvalue weighted by atomic mass is 9.85. The number of rotatable bonds is 10. The maximum absolute atomic E-state index is 6.68. The molecular formula is C29H34N2O2S. The smallest absolute Gasteiger partial charge is 0.217 e. The van der Waals surface area contributed by atoms with Gasteiger partial charge < -0.3 is 14.4 Å². The number of thiophene rings is 1. The van der Waals surface area contributed by atoms with Gasteiger partial charge in [0.15, 0.2) is 0 Å². The summed E-state index contributed by atoms with van der Waals surface area (Å²) in [6.45, 7) is 5.74. The van der Waals surface area contributed by atoms with Crippen LogP contribution in [0.5, 0.6) is 5.88 Å². The number of fused-ring (bicyclic) bond motifs is 1. The maximum Gasteiger partial charge on any atom is 0.217 e. The Bertz CT molecular complexity index is 1220. The zero-order valence-electron chi connectivity index (χ0n) is 20.8. The van der Waals surface area contributed by atoms with Crippen molar-refractivity contribution in [2.24, 2.45) is 0 Å². The summed E-state index contributed by atoms with van der Waals surface area (Å²) in [7, 11) is 5.92. The van der Waals surface area contributed by atoms with Gasteiger partial charge in [-0.2, -0.15) is 0 Å². The first kappa shape index (κ1) is 24.4. The zero-order valence-corrected chi connectivity index (χ0v) is 21.6. The van der Waals surface area contributed by atoms with Crippen LogP contribution in [0.25, 0.3) is 10.9 Å². The molecule has 0 bridgehead atoms. The molecule has 34 heavy (non-hydrogen) atoms. The topological polar surface area (TPSA) is 34.6 Å². The highest BCUT2D eigenvalue weighted by Gasteiger charge is 2.38. The minimum Gasteiger partial charge on any atom is -0.481 e. The highest BCUT2D eigenvalue weighted by Crippen LogP contribution is 2.43. The summed E-state index contributed by atoms with van der Waals surface area (Å²) < 4.78 is 12.5. The van der Waals surface area contributed by atoms with Crippen molar-refractivity contribution in [3.05, 3.63) is 93.2 Å². The van der Waals surface area contributed by atoms with Crippen LogP contribution in [0.15, 0.2) is 66.0 Å². The van der Waals surface area contributed by atoms with E-state index in [-0.39, 0.29) is 0 Å². The molecule has 2 aromatic heterocycles. The summed E-state index contributed by atoms with van der Waals surface area (Å²) in [5.41, 5.74) is 5.01. The van der Waals surface area contributed by atoms with Crippen molar-refractivity contribution in [2.75, 3.05) is 34.4 Å². The fourth-order valence-corrected chi connectivity index (χ4v) is 5.56. The molecule has 0 radical (unpaired) electrons. The van der Waals surface area contributed by atoms with E-state index < -0.39 is 5.60 Å². The fraction of sp³-hybridized carbons (Fsp3) is 0.345. The molecule has 0 saturated carbocycles. The fourth-order valence-electron chi connectivity index (χ4n) is 4.64. The van der Waals surface area contributed by atoms with Gasteiger partial charge in [0.1, 0.15) is 5.60 Å². The molecule has 0 aliphatic heterocycles. The van der Waals surface area contributed by atoms with E-state index in [1.165, 1.54) is 16.0 Å². The van der Waals surface area contributed by atoms with Gasteiger partial charge in [0, 0.05) is 41.0 Å². The largest absolute Gasteiger partial charge is 0.481 e. The lowest BCUT2D eigenvalue weighted by Crippen LogP contribution is -2.35. The van der Waals surface area contributed by atoms with E-state index in [4.69, 9.17) is 14.5 Å². The van der Waals surface area contributed by atoms with Crippen molar-refractivity contribution < 1.29 is 9.47 Å². The van der Waals surface area contributed by atoms with Gasteiger partial charge in [0.2, 0.25) is 5.88 Å². The number of benzene rings is 2. The highest BCUT2D eigenvalue weighted by molar-refractivity contribution is 7.10. The molecule has 1 unspecified atom stereocenters. The van der Waals surface area contributed by atoms with E-state index in [2.05, 4.69) is 92.8 Å². The predicted molar refractivity (Wildman–Crippen MR) is 142 cm³/mol. The quantitative estimate of drug-likeness (QED) is 0.265. The van der Waals surface area contributed by atoms with Crippen molar-refractivity contribution in [2.45, 2.75) is 32.3 Å². The van der Waals surface area contributed by atoms with Crippen LogP contribution in [-0.2, 0) is 16.8 Å². The Morgan fingerprint density at radius 3 is 2.47 bits per heavy atom. The molecule has 0 saturated heterocycles. The molecule has 2 heterocycles. The Morgan fingerprint density at radius 1 is 1.03 bits per heavy atom. The zero-order chi connectivity index (χ0) is 24.1. The lowest BCUT2D eigenvalue weighted by molar-refractivity contribution is -0.0179. The third kappa shape index (κ3) is 5.02. The van der Waals surface area contributed by atoms with Crippen LogP contribution in [0.1, 0.15) is 40.5 Å². The monoisotopic (exact) mass is 474 g/mol. The molecule has 178 valence electrons. The molecule has 0 spiro atoms. The molecule has 0 N–H and O–H groups in total. The first-order valence-corrected chi connectivity index (χ1v) is 12.7. The molecule has 4 rings (SSSR count). The predicted octanol–water partition coefficient (Wildman–Crippen LogP) is 6.44. The molecule has 5 heteroatoms. The van der Waals surface area contributed by atoms with E-state index in [0.29, 0.717) is 12.5 Å². The van der Waals surface area contributed by atoms with Crippen LogP contribution in [0.3, 0.4) is 0 Å². The number of ether oxygens (including phenoxy) is 2. The van der Waals surface area contributed by atoms with Crippen LogP contribution in [0, 0.1) is 6.92 Å². The Hall–Kier alpha value is -2.73. The molecule has 0 aliphatic rings. The summed E-state index contributed by atoms with van der Waals surface area (Å²) >= 11 is 1.74. The number of pyridine rings is 1. The van der Waals surface area contributed by atoms with Gasteiger partial charge in [-0.05, 0) is 69.1 Å². The highest BCUT2D eigenvalue weighted by atomic mass is 32.1. The average Bonchev–Trinajstić information content (AvgIpc) is 3.37. The standard InChI is InChI=1S/C29H34N2O2S/c1-6-33-29(14-15-31(3)4,26-13-10-16-34-26)25-18-21(2)17-23-20-24(28(32-5)30-27(23)25)19-22-11-8-7-9-12-22/h7-13,16-18,20H,6,14-15,19H2,1-5H3. The molecule has 0 aliphatic carbocycles. The Morgan fingerprint density at radius 2 is 1.82 bits per heavy atom. The van der Waals surface area contributed by atoms with Gasteiger partial charge >= 0.3 is 0 Å². The molecule has 2 aromatic carbocycles. The van der Waals surface area contributed by atoms with E-state index in [0.717, 1.165) is 41.4 Å². The average molecular weight is 475 g/mol. The van der Waals surface area contributed by atoms with E-state index >= 15 is 0 Å². The van der Waals surface area contributed by atoms with Crippen molar-refractivity contribution in [1.82, 2.24) is 9.88 Å². The van der Waals surface area contributed by atoms with Crippen LogP contribution in [0.2, 0.25) is 0 Å². The van der Waals surface area contributed by atoms with Crippen LogP contribution < -0.4 is 4.74 Å². The van der Waals surface area contributed by atoms with Crippen LogP contribution in [0.4, 0.5) is 0 Å². The molecule has 1 atom stereocenters. The lowest BCUT2D eigenvalue weighted by Gasteiger charge is -2.35. The van der Waals surface area contributed by atoms with Crippen molar-refractivity contribution in [3.63, 3.8) is 0 Å².